The Morgan fingerprint density at radius 1 is 1.23 bits per heavy atom. The summed E-state index contributed by atoms with van der Waals surface area (Å²) in [5, 5.41) is 12.1. The van der Waals surface area contributed by atoms with Crippen molar-refractivity contribution >= 4 is 17.8 Å². The fourth-order valence-electron chi connectivity index (χ4n) is 3.10. The monoisotopic (exact) mass is 444 g/mol. The zero-order valence-electron chi connectivity index (χ0n) is 17.9. The van der Waals surface area contributed by atoms with Gasteiger partial charge in [-0.3, -0.25) is 14.7 Å². The third-order valence-corrected chi connectivity index (χ3v) is 4.74. The van der Waals surface area contributed by atoms with Crippen LogP contribution in [-0.4, -0.2) is 79.1 Å². The lowest BCUT2D eigenvalue weighted by molar-refractivity contribution is -0.141. The molecule has 0 aromatic carbocycles. The molecular weight excluding hydrogens is 413 g/mol. The van der Waals surface area contributed by atoms with Crippen LogP contribution in [0.5, 0.6) is 0 Å². The Hall–Kier alpha value is -2.63. The molecule has 31 heavy (non-hydrogen) atoms. The fourth-order valence-corrected chi connectivity index (χ4v) is 3.10. The number of nitrogens with one attached hydrogen (secondary N) is 4. The van der Waals surface area contributed by atoms with E-state index in [0.717, 1.165) is 44.6 Å². The lowest BCUT2D eigenvalue weighted by Crippen LogP contribution is -2.50. The molecule has 1 aliphatic rings. The topological polar surface area (TPSA) is 107 Å². The average Bonchev–Trinajstić information content (AvgIpc) is 2.75. The van der Waals surface area contributed by atoms with E-state index < -0.39 is 11.9 Å². The van der Waals surface area contributed by atoms with Crippen LogP contribution < -0.4 is 21.3 Å². The molecular formula is C19H31F3N8O. The standard InChI is InChI=1S/C19H31F3N8O/c1-3-7-24-16(31)13-30-11-5-14(6-12-30)28-17(23-2)26-9-10-27-18-25-8-4-15(29-18)19(20,21)22/h4,8,14H,3,5-7,9-13H2,1-2H3,(H,24,31)(H2,23,26,28)(H,25,27,29). The second kappa shape index (κ2) is 12.3. The number of halogens is 3. The number of carbonyl (C=O) groups is 1. The predicted octanol–water partition coefficient (Wildman–Crippen LogP) is 1.06. The Kier molecular flexibility index (Phi) is 9.76. The SMILES string of the molecule is CCCNC(=O)CN1CCC(NC(=NC)NCCNc2nccc(C(F)(F)F)n2)CC1. The maximum absolute atomic E-state index is 12.7. The van der Waals surface area contributed by atoms with Crippen LogP contribution in [0.25, 0.3) is 0 Å². The summed E-state index contributed by atoms with van der Waals surface area (Å²) in [6, 6.07) is 1.07. The molecule has 0 unspecified atom stereocenters. The number of rotatable bonds is 9. The van der Waals surface area contributed by atoms with Gasteiger partial charge < -0.3 is 21.3 Å². The molecule has 0 spiro atoms. The van der Waals surface area contributed by atoms with Gasteiger partial charge in [0.25, 0.3) is 0 Å². The molecule has 0 bridgehead atoms. The van der Waals surface area contributed by atoms with E-state index in [0.29, 0.717) is 32.1 Å². The molecule has 174 valence electrons. The van der Waals surface area contributed by atoms with Crippen molar-refractivity contribution in [3.05, 3.63) is 18.0 Å². The Morgan fingerprint density at radius 2 is 1.97 bits per heavy atom. The van der Waals surface area contributed by atoms with Crippen LogP contribution in [0, 0.1) is 0 Å². The van der Waals surface area contributed by atoms with Crippen LogP contribution in [-0.2, 0) is 11.0 Å². The molecule has 2 rings (SSSR count). The van der Waals surface area contributed by atoms with Gasteiger partial charge in [-0.1, -0.05) is 6.92 Å². The van der Waals surface area contributed by atoms with E-state index in [1.54, 1.807) is 7.05 Å². The first kappa shape index (κ1) is 24.6. The summed E-state index contributed by atoms with van der Waals surface area (Å²) in [5.41, 5.74) is -0.982. The van der Waals surface area contributed by atoms with E-state index in [1.807, 2.05) is 6.92 Å². The van der Waals surface area contributed by atoms with Crippen molar-refractivity contribution < 1.29 is 18.0 Å². The number of alkyl halides is 3. The number of anilines is 1. The Balaban J connectivity index is 1.66. The van der Waals surface area contributed by atoms with Gasteiger partial charge in [-0.05, 0) is 25.3 Å². The minimum Gasteiger partial charge on any atom is -0.355 e. The van der Waals surface area contributed by atoms with Gasteiger partial charge in [0.2, 0.25) is 11.9 Å². The van der Waals surface area contributed by atoms with Gasteiger partial charge >= 0.3 is 6.18 Å². The minimum atomic E-state index is -4.50. The summed E-state index contributed by atoms with van der Waals surface area (Å²) in [5.74, 6) is 0.601. The van der Waals surface area contributed by atoms with Crippen molar-refractivity contribution in [3.63, 3.8) is 0 Å². The van der Waals surface area contributed by atoms with Gasteiger partial charge in [-0.25, -0.2) is 9.97 Å². The molecule has 0 saturated carbocycles. The van der Waals surface area contributed by atoms with Crippen molar-refractivity contribution in [1.82, 2.24) is 30.8 Å². The third kappa shape index (κ3) is 8.95. The number of piperidine rings is 1. The average molecular weight is 445 g/mol. The molecule has 0 aliphatic carbocycles. The van der Waals surface area contributed by atoms with Crippen molar-refractivity contribution in [2.24, 2.45) is 4.99 Å². The number of amides is 1. The number of aromatic nitrogens is 2. The Labute approximate surface area is 180 Å². The molecule has 1 aliphatic heterocycles. The van der Waals surface area contributed by atoms with Gasteiger partial charge in [-0.2, -0.15) is 13.2 Å². The summed E-state index contributed by atoms with van der Waals surface area (Å²) < 4.78 is 38.1. The van der Waals surface area contributed by atoms with Crippen LogP contribution >= 0.6 is 0 Å². The Bertz CT molecular complexity index is 720. The lowest BCUT2D eigenvalue weighted by atomic mass is 10.1. The summed E-state index contributed by atoms with van der Waals surface area (Å²) >= 11 is 0. The highest BCUT2D eigenvalue weighted by Crippen LogP contribution is 2.27. The first-order valence-electron chi connectivity index (χ1n) is 10.4. The molecule has 1 aromatic rings. The van der Waals surface area contributed by atoms with Crippen LogP contribution in [0.15, 0.2) is 17.3 Å². The molecule has 1 saturated heterocycles. The molecule has 0 atom stereocenters. The number of nitrogens with zero attached hydrogens (tertiary/aromatic N) is 4. The summed E-state index contributed by atoms with van der Waals surface area (Å²) in [6.07, 6.45) is -0.729. The summed E-state index contributed by atoms with van der Waals surface area (Å²) in [4.78, 5) is 25.4. The second-order valence-electron chi connectivity index (χ2n) is 7.23. The highest BCUT2D eigenvalue weighted by atomic mass is 19.4. The molecule has 1 aromatic heterocycles. The maximum atomic E-state index is 12.7. The number of carbonyl (C=O) groups excluding carboxylic acids is 1. The van der Waals surface area contributed by atoms with Crippen LogP contribution in [0.4, 0.5) is 19.1 Å². The van der Waals surface area contributed by atoms with Crippen molar-refractivity contribution in [2.45, 2.75) is 38.4 Å². The van der Waals surface area contributed by atoms with Crippen molar-refractivity contribution in [1.29, 1.82) is 0 Å². The van der Waals surface area contributed by atoms with Crippen LogP contribution in [0.2, 0.25) is 0 Å². The fraction of sp³-hybridized carbons (Fsp3) is 0.684. The van der Waals surface area contributed by atoms with E-state index in [4.69, 9.17) is 0 Å². The molecule has 1 amide bonds. The van der Waals surface area contributed by atoms with E-state index in [2.05, 4.69) is 41.1 Å². The minimum absolute atomic E-state index is 0.0583. The molecule has 9 nitrogen and oxygen atoms in total. The lowest BCUT2D eigenvalue weighted by Gasteiger charge is -2.32. The van der Waals surface area contributed by atoms with E-state index in [-0.39, 0.29) is 17.9 Å². The Morgan fingerprint density at radius 3 is 2.61 bits per heavy atom. The second-order valence-corrected chi connectivity index (χ2v) is 7.23. The molecule has 1 fully saturated rings. The third-order valence-electron chi connectivity index (χ3n) is 4.74. The van der Waals surface area contributed by atoms with Gasteiger partial charge in [0, 0.05) is 52.0 Å². The smallest absolute Gasteiger partial charge is 0.355 e. The number of hydrogen-bond donors (Lipinski definition) is 4. The summed E-state index contributed by atoms with van der Waals surface area (Å²) in [6.45, 7) is 5.54. The van der Waals surface area contributed by atoms with E-state index >= 15 is 0 Å². The van der Waals surface area contributed by atoms with Gasteiger partial charge in [0.1, 0.15) is 5.69 Å². The number of likely N-dealkylation sites (tertiary alicyclic amines) is 1. The van der Waals surface area contributed by atoms with Crippen molar-refractivity contribution in [2.75, 3.05) is 51.6 Å². The number of aliphatic imine (C=N–C) groups is 1. The van der Waals surface area contributed by atoms with Gasteiger partial charge in [-0.15, -0.1) is 0 Å². The molecule has 4 N–H and O–H groups in total. The van der Waals surface area contributed by atoms with Gasteiger partial charge in [0.05, 0.1) is 6.54 Å². The maximum Gasteiger partial charge on any atom is 0.433 e. The first-order chi connectivity index (χ1) is 14.8. The zero-order chi connectivity index (χ0) is 22.7. The first-order valence-corrected chi connectivity index (χ1v) is 10.4. The number of guanidine groups is 1. The molecule has 0 radical (unpaired) electrons. The normalized spacial score (nSPS) is 16.1. The van der Waals surface area contributed by atoms with Crippen molar-refractivity contribution in [3.8, 4) is 0 Å². The quantitative estimate of drug-likeness (QED) is 0.256. The molecule has 12 heteroatoms. The largest absolute Gasteiger partial charge is 0.433 e. The zero-order valence-corrected chi connectivity index (χ0v) is 17.9. The van der Waals surface area contributed by atoms with Crippen LogP contribution in [0.3, 0.4) is 0 Å². The number of hydrogen-bond acceptors (Lipinski definition) is 6. The molecule has 2 heterocycles. The predicted molar refractivity (Wildman–Crippen MR) is 113 cm³/mol. The highest BCUT2D eigenvalue weighted by molar-refractivity contribution is 5.80. The van der Waals surface area contributed by atoms with Crippen LogP contribution in [0.1, 0.15) is 31.9 Å². The highest BCUT2D eigenvalue weighted by Gasteiger charge is 2.32. The van der Waals surface area contributed by atoms with E-state index in [1.165, 1.54) is 0 Å². The van der Waals surface area contributed by atoms with E-state index in [9.17, 15) is 18.0 Å². The summed E-state index contributed by atoms with van der Waals surface area (Å²) in [7, 11) is 1.66. The van der Waals surface area contributed by atoms with Gasteiger partial charge in [0.15, 0.2) is 5.96 Å².